The van der Waals surface area contributed by atoms with Gasteiger partial charge in [0.2, 0.25) is 0 Å². The number of rotatable bonds is 4. The molecule has 0 amide bonds. The number of benzene rings is 1. The molecule has 27 heavy (non-hydrogen) atoms. The minimum absolute atomic E-state index is 0.542. The zero-order chi connectivity index (χ0) is 18.8. The Balaban J connectivity index is 1.56. The van der Waals surface area contributed by atoms with E-state index in [1.165, 1.54) is 0 Å². The fourth-order valence-corrected chi connectivity index (χ4v) is 3.68. The van der Waals surface area contributed by atoms with Crippen molar-refractivity contribution in [3.05, 3.63) is 35.2 Å². The van der Waals surface area contributed by atoms with Gasteiger partial charge in [-0.1, -0.05) is 0 Å². The summed E-state index contributed by atoms with van der Waals surface area (Å²) in [5.74, 6) is 2.37. The van der Waals surface area contributed by atoms with Gasteiger partial charge in [0, 0.05) is 44.2 Å². The molecule has 1 atom stereocenters. The second kappa shape index (κ2) is 7.78. The zero-order valence-corrected chi connectivity index (χ0v) is 16.0. The zero-order valence-electron chi connectivity index (χ0n) is 16.0. The topological polar surface area (TPSA) is 69.0 Å². The lowest BCUT2D eigenvalue weighted by Gasteiger charge is -2.22. The number of aromatic nitrogens is 2. The van der Waals surface area contributed by atoms with Gasteiger partial charge in [0.15, 0.2) is 11.5 Å². The standard InChI is InChI=1S/C20H27N3O4/c1-14(24)17-10-16-13-22(5-3-6-23(16)21-17)12-15-9-19-20(11-18(15)25-2)27-8-4-7-26-19/h9-11,14,24H,3-8,12-13H2,1-2H3/t14-/m1/s1. The molecule has 0 unspecified atom stereocenters. The number of aryl methyl sites for hydroxylation is 1. The normalized spacial score (nSPS) is 18.3. The van der Waals surface area contributed by atoms with Crippen LogP contribution in [-0.2, 0) is 19.6 Å². The Kier molecular flexibility index (Phi) is 5.22. The van der Waals surface area contributed by atoms with Crippen LogP contribution >= 0.6 is 0 Å². The lowest BCUT2D eigenvalue weighted by Crippen LogP contribution is -2.23. The van der Waals surface area contributed by atoms with E-state index in [0.29, 0.717) is 13.2 Å². The highest BCUT2D eigenvalue weighted by Gasteiger charge is 2.21. The van der Waals surface area contributed by atoms with Crippen molar-refractivity contribution in [3.8, 4) is 17.2 Å². The summed E-state index contributed by atoms with van der Waals surface area (Å²) >= 11 is 0. The van der Waals surface area contributed by atoms with Crippen LogP contribution in [0.3, 0.4) is 0 Å². The molecule has 0 spiro atoms. The van der Waals surface area contributed by atoms with Gasteiger partial charge in [-0.25, -0.2) is 0 Å². The summed E-state index contributed by atoms with van der Waals surface area (Å²) in [5, 5.41) is 14.3. The van der Waals surface area contributed by atoms with E-state index < -0.39 is 6.10 Å². The molecule has 3 heterocycles. The molecule has 0 saturated heterocycles. The van der Waals surface area contributed by atoms with E-state index in [1.807, 2.05) is 22.9 Å². The first kappa shape index (κ1) is 18.1. The lowest BCUT2D eigenvalue weighted by atomic mass is 10.1. The van der Waals surface area contributed by atoms with E-state index in [-0.39, 0.29) is 0 Å². The van der Waals surface area contributed by atoms with Gasteiger partial charge in [0.25, 0.3) is 0 Å². The average molecular weight is 373 g/mol. The van der Waals surface area contributed by atoms with Gasteiger partial charge < -0.3 is 19.3 Å². The van der Waals surface area contributed by atoms with Gasteiger partial charge in [-0.15, -0.1) is 0 Å². The van der Waals surface area contributed by atoms with E-state index in [1.54, 1.807) is 14.0 Å². The van der Waals surface area contributed by atoms with Crippen molar-refractivity contribution in [1.29, 1.82) is 0 Å². The maximum atomic E-state index is 9.82. The van der Waals surface area contributed by atoms with Crippen LogP contribution in [0.4, 0.5) is 0 Å². The van der Waals surface area contributed by atoms with Crippen LogP contribution in [0, 0.1) is 0 Å². The number of aliphatic hydroxyl groups excluding tert-OH is 1. The Morgan fingerprint density at radius 2 is 1.93 bits per heavy atom. The number of ether oxygens (including phenoxy) is 3. The molecule has 0 radical (unpaired) electrons. The second-order valence-corrected chi connectivity index (χ2v) is 7.19. The molecule has 4 rings (SSSR count). The Labute approximate surface area is 159 Å². The fourth-order valence-electron chi connectivity index (χ4n) is 3.68. The highest BCUT2D eigenvalue weighted by Crippen LogP contribution is 2.37. The van der Waals surface area contributed by atoms with Crippen LogP contribution in [-0.4, -0.2) is 46.7 Å². The largest absolute Gasteiger partial charge is 0.496 e. The molecule has 2 aliphatic heterocycles. The van der Waals surface area contributed by atoms with Crippen molar-refractivity contribution in [2.24, 2.45) is 0 Å². The SMILES string of the molecule is COc1cc2c(cc1CN1CCCn3nc([C@@H](C)O)cc3C1)OCCCO2. The molecule has 1 aromatic heterocycles. The minimum atomic E-state index is -0.542. The number of hydrogen-bond acceptors (Lipinski definition) is 6. The Hall–Kier alpha value is -2.25. The fraction of sp³-hybridized carbons (Fsp3) is 0.550. The first-order chi connectivity index (χ1) is 13.1. The molecule has 0 fully saturated rings. The third-order valence-corrected chi connectivity index (χ3v) is 5.08. The van der Waals surface area contributed by atoms with E-state index in [0.717, 1.165) is 73.2 Å². The van der Waals surface area contributed by atoms with E-state index in [4.69, 9.17) is 14.2 Å². The number of methoxy groups -OCH3 is 1. The average Bonchev–Trinajstić information content (AvgIpc) is 2.81. The maximum absolute atomic E-state index is 9.82. The summed E-state index contributed by atoms with van der Waals surface area (Å²) < 4.78 is 19.3. The molecular weight excluding hydrogens is 346 g/mol. The third kappa shape index (κ3) is 3.89. The predicted octanol–water partition coefficient (Wildman–Crippen LogP) is 2.51. The quantitative estimate of drug-likeness (QED) is 0.888. The Morgan fingerprint density at radius 1 is 1.15 bits per heavy atom. The number of nitrogens with zero attached hydrogens (tertiary/aromatic N) is 3. The van der Waals surface area contributed by atoms with Crippen LogP contribution in [0.1, 0.15) is 42.8 Å². The van der Waals surface area contributed by atoms with Crippen molar-refractivity contribution < 1.29 is 19.3 Å². The van der Waals surface area contributed by atoms with E-state index in [9.17, 15) is 5.11 Å². The van der Waals surface area contributed by atoms with Gasteiger partial charge in [-0.2, -0.15) is 5.10 Å². The molecule has 7 nitrogen and oxygen atoms in total. The molecule has 2 aromatic rings. The van der Waals surface area contributed by atoms with Crippen molar-refractivity contribution in [1.82, 2.24) is 14.7 Å². The first-order valence-electron chi connectivity index (χ1n) is 9.57. The van der Waals surface area contributed by atoms with Gasteiger partial charge >= 0.3 is 0 Å². The summed E-state index contributed by atoms with van der Waals surface area (Å²) in [6, 6.07) is 5.99. The Bertz CT molecular complexity index is 803. The van der Waals surface area contributed by atoms with Gasteiger partial charge in [0.1, 0.15) is 5.75 Å². The monoisotopic (exact) mass is 373 g/mol. The van der Waals surface area contributed by atoms with Crippen LogP contribution in [0.2, 0.25) is 0 Å². The lowest BCUT2D eigenvalue weighted by molar-refractivity contribution is 0.193. The number of aliphatic hydroxyl groups is 1. The Morgan fingerprint density at radius 3 is 2.67 bits per heavy atom. The van der Waals surface area contributed by atoms with E-state index in [2.05, 4.69) is 10.00 Å². The molecule has 0 saturated carbocycles. The summed E-state index contributed by atoms with van der Waals surface area (Å²) in [6.07, 6.45) is 1.36. The van der Waals surface area contributed by atoms with Gasteiger partial charge in [0.05, 0.1) is 37.8 Å². The maximum Gasteiger partial charge on any atom is 0.164 e. The van der Waals surface area contributed by atoms with Crippen LogP contribution < -0.4 is 14.2 Å². The molecule has 7 heteroatoms. The van der Waals surface area contributed by atoms with E-state index >= 15 is 0 Å². The minimum Gasteiger partial charge on any atom is -0.496 e. The van der Waals surface area contributed by atoms with Crippen LogP contribution in [0.15, 0.2) is 18.2 Å². The summed E-state index contributed by atoms with van der Waals surface area (Å²) in [7, 11) is 1.69. The van der Waals surface area contributed by atoms with Crippen molar-refractivity contribution >= 4 is 0 Å². The molecule has 146 valence electrons. The molecule has 1 N–H and O–H groups in total. The molecule has 2 aliphatic rings. The molecule has 1 aromatic carbocycles. The van der Waals surface area contributed by atoms with Crippen LogP contribution in [0.5, 0.6) is 17.2 Å². The highest BCUT2D eigenvalue weighted by molar-refractivity contribution is 5.51. The van der Waals surface area contributed by atoms with Gasteiger partial charge in [-0.3, -0.25) is 9.58 Å². The summed E-state index contributed by atoms with van der Waals surface area (Å²) in [4.78, 5) is 2.38. The first-order valence-corrected chi connectivity index (χ1v) is 9.57. The molecular formula is C20H27N3O4. The highest BCUT2D eigenvalue weighted by atomic mass is 16.5. The van der Waals surface area contributed by atoms with Gasteiger partial charge in [-0.05, 0) is 25.5 Å². The van der Waals surface area contributed by atoms with Crippen LogP contribution in [0.25, 0.3) is 0 Å². The smallest absolute Gasteiger partial charge is 0.164 e. The van der Waals surface area contributed by atoms with Crippen molar-refractivity contribution in [2.45, 2.75) is 45.5 Å². The molecule has 0 bridgehead atoms. The number of fused-ring (bicyclic) bond motifs is 2. The summed E-state index contributed by atoms with van der Waals surface area (Å²) in [5.41, 5.74) is 2.96. The summed E-state index contributed by atoms with van der Waals surface area (Å²) in [6.45, 7) is 6.48. The number of hydrogen-bond donors (Lipinski definition) is 1. The van der Waals surface area contributed by atoms with Crippen molar-refractivity contribution in [3.63, 3.8) is 0 Å². The predicted molar refractivity (Wildman–Crippen MR) is 100 cm³/mol. The second-order valence-electron chi connectivity index (χ2n) is 7.19. The third-order valence-electron chi connectivity index (χ3n) is 5.08. The molecule has 0 aliphatic carbocycles. The van der Waals surface area contributed by atoms with Crippen molar-refractivity contribution in [2.75, 3.05) is 26.9 Å².